The van der Waals surface area contributed by atoms with Crippen LogP contribution in [0.3, 0.4) is 0 Å². The molecule has 0 saturated heterocycles. The molecule has 180 valence electrons. The molecule has 2 N–H and O–H groups in total. The second-order valence-corrected chi connectivity index (χ2v) is 11.2. The lowest BCUT2D eigenvalue weighted by Gasteiger charge is -2.38. The number of sulfone groups is 1. The summed E-state index contributed by atoms with van der Waals surface area (Å²) in [5.74, 6) is 3.79. The van der Waals surface area contributed by atoms with Crippen molar-refractivity contribution in [2.24, 2.45) is 10.7 Å². The predicted molar refractivity (Wildman–Crippen MR) is 128 cm³/mol. The van der Waals surface area contributed by atoms with E-state index in [1.54, 1.807) is 13.8 Å². The largest absolute Gasteiger partial charge is 0.460 e. The number of halogens is 2. The molecular formula is C24H26F2N4O3S. The summed E-state index contributed by atoms with van der Waals surface area (Å²) in [6, 6.07) is 3.86. The highest BCUT2D eigenvalue weighted by Crippen LogP contribution is 2.38. The van der Waals surface area contributed by atoms with E-state index in [0.717, 1.165) is 12.1 Å². The van der Waals surface area contributed by atoms with Gasteiger partial charge in [-0.15, -0.1) is 5.92 Å². The molecule has 0 amide bonds. The van der Waals surface area contributed by atoms with E-state index in [-0.39, 0.29) is 23.0 Å². The highest BCUT2D eigenvalue weighted by atomic mass is 32.2. The lowest BCUT2D eigenvalue weighted by molar-refractivity contribution is 0.266. The van der Waals surface area contributed by atoms with Gasteiger partial charge in [0.2, 0.25) is 5.88 Å². The summed E-state index contributed by atoms with van der Waals surface area (Å²) in [5.41, 5.74) is 4.73. The van der Waals surface area contributed by atoms with Gasteiger partial charge in [-0.2, -0.15) is 0 Å². The fraction of sp³-hybridized carbons (Fsp3) is 0.375. The Morgan fingerprint density at radius 2 is 1.97 bits per heavy atom. The lowest BCUT2D eigenvalue weighted by atomic mass is 9.91. The van der Waals surface area contributed by atoms with Crippen LogP contribution in [0.2, 0.25) is 0 Å². The number of nitrogens with zero attached hydrogens (tertiary/aromatic N) is 3. The number of benzene rings is 1. The molecule has 3 rings (SSSR count). The lowest BCUT2D eigenvalue weighted by Crippen LogP contribution is -2.55. The number of amidine groups is 1. The molecular weight excluding hydrogens is 462 g/mol. The summed E-state index contributed by atoms with van der Waals surface area (Å²) in [6.07, 6.45) is 3.24. The maximum Gasteiger partial charge on any atom is 0.233 e. The number of aromatic nitrogens is 2. The molecule has 1 aliphatic rings. The Kier molecular flexibility index (Phi) is 6.80. The first-order chi connectivity index (χ1) is 15.8. The zero-order valence-corrected chi connectivity index (χ0v) is 20.4. The van der Waals surface area contributed by atoms with Crippen molar-refractivity contribution in [3.05, 3.63) is 53.2 Å². The molecule has 2 atom stereocenters. The average Bonchev–Trinajstić information content (AvgIpc) is 2.74. The minimum absolute atomic E-state index is 0.00284. The maximum atomic E-state index is 14.9. The Balaban J connectivity index is 1.93. The smallest absolute Gasteiger partial charge is 0.233 e. The third-order valence-electron chi connectivity index (χ3n) is 5.61. The van der Waals surface area contributed by atoms with Crippen LogP contribution in [0, 0.1) is 17.7 Å². The third-order valence-corrected chi connectivity index (χ3v) is 8.32. The van der Waals surface area contributed by atoms with Gasteiger partial charge in [-0.3, -0.25) is 4.99 Å². The van der Waals surface area contributed by atoms with Gasteiger partial charge in [-0.25, -0.2) is 27.2 Å². The second kappa shape index (κ2) is 9.14. The van der Waals surface area contributed by atoms with Crippen molar-refractivity contribution in [2.45, 2.75) is 51.0 Å². The van der Waals surface area contributed by atoms with Gasteiger partial charge >= 0.3 is 0 Å². The quantitative estimate of drug-likeness (QED) is 0.644. The maximum absolute atomic E-state index is 14.9. The third kappa shape index (κ3) is 4.94. The zero-order valence-electron chi connectivity index (χ0n) is 19.6. The topological polar surface area (TPSA) is 108 Å². The summed E-state index contributed by atoms with van der Waals surface area (Å²) < 4.78 is 59.3. The Labute approximate surface area is 198 Å². The molecule has 7 nitrogen and oxygen atoms in total. The van der Waals surface area contributed by atoms with Gasteiger partial charge in [0.15, 0.2) is 21.8 Å². The van der Waals surface area contributed by atoms with E-state index < -0.39 is 43.6 Å². The van der Waals surface area contributed by atoms with Gasteiger partial charge in [-0.05, 0) is 58.4 Å². The molecule has 34 heavy (non-hydrogen) atoms. The summed E-state index contributed by atoms with van der Waals surface area (Å²) in [7, 11) is -3.73. The molecule has 0 saturated carbocycles. The van der Waals surface area contributed by atoms with Crippen molar-refractivity contribution >= 4 is 27.6 Å². The van der Waals surface area contributed by atoms with Crippen LogP contribution in [0.25, 0.3) is 11.9 Å². The Morgan fingerprint density at radius 1 is 1.26 bits per heavy atom. The van der Waals surface area contributed by atoms with Crippen LogP contribution in [0.1, 0.15) is 51.4 Å². The molecule has 1 aliphatic heterocycles. The number of ether oxygens (including phenoxy) is 1. The van der Waals surface area contributed by atoms with Gasteiger partial charge in [0.05, 0.1) is 18.1 Å². The number of rotatable bonds is 5. The van der Waals surface area contributed by atoms with E-state index in [9.17, 15) is 17.2 Å². The molecule has 2 aromatic rings. The summed E-state index contributed by atoms with van der Waals surface area (Å²) >= 11 is 0. The van der Waals surface area contributed by atoms with Crippen molar-refractivity contribution in [1.82, 2.24) is 9.97 Å². The van der Waals surface area contributed by atoms with Gasteiger partial charge in [0, 0.05) is 5.56 Å². The van der Waals surface area contributed by atoms with Crippen LogP contribution < -0.4 is 10.5 Å². The van der Waals surface area contributed by atoms with Gasteiger partial charge in [0.1, 0.15) is 27.6 Å². The van der Waals surface area contributed by atoms with Crippen LogP contribution in [0.5, 0.6) is 5.88 Å². The normalized spacial score (nSPS) is 22.2. The molecule has 0 unspecified atom stereocenters. The van der Waals surface area contributed by atoms with Crippen molar-refractivity contribution in [3.8, 4) is 17.7 Å². The van der Waals surface area contributed by atoms with E-state index >= 15 is 0 Å². The van der Waals surface area contributed by atoms with E-state index in [2.05, 4.69) is 26.8 Å². The molecule has 10 heteroatoms. The Morgan fingerprint density at radius 3 is 2.56 bits per heavy atom. The first-order valence-corrected chi connectivity index (χ1v) is 12.1. The number of hydrogen-bond acceptors (Lipinski definition) is 7. The van der Waals surface area contributed by atoms with E-state index in [1.807, 2.05) is 0 Å². The number of aliphatic imine (C=N–C) groups is 1. The molecule has 0 fully saturated rings. The fourth-order valence-electron chi connectivity index (χ4n) is 3.46. The van der Waals surface area contributed by atoms with E-state index in [0.29, 0.717) is 5.56 Å². The SMILES string of the molecule is CC#C[C@@H](C)Oc1cnc(/C(F)=C/c2ccc(F)c([C@]3(C)CS(=O)(=O)C(C)(C)C(N)=N3)c2)cn1. The minimum atomic E-state index is -3.73. The van der Waals surface area contributed by atoms with Crippen molar-refractivity contribution in [2.75, 3.05) is 5.75 Å². The highest BCUT2D eigenvalue weighted by Gasteiger charge is 2.49. The molecule has 1 aromatic heterocycles. The summed E-state index contributed by atoms with van der Waals surface area (Å²) in [4.78, 5) is 12.4. The number of hydrogen-bond donors (Lipinski definition) is 1. The van der Waals surface area contributed by atoms with E-state index in [4.69, 9.17) is 10.5 Å². The van der Waals surface area contributed by atoms with Crippen LogP contribution in [-0.4, -0.2) is 40.8 Å². The molecule has 0 spiro atoms. The highest BCUT2D eigenvalue weighted by molar-refractivity contribution is 7.93. The van der Waals surface area contributed by atoms with Gasteiger partial charge in [-0.1, -0.05) is 12.0 Å². The first kappa shape index (κ1) is 25.3. The Bertz CT molecular complexity index is 1330. The molecule has 1 aromatic carbocycles. The van der Waals surface area contributed by atoms with Crippen molar-refractivity contribution in [1.29, 1.82) is 0 Å². The molecule has 2 heterocycles. The standard InChI is InChI=1S/C24H26F2N4O3S/c1-6-7-15(2)33-21-13-28-20(12-29-21)19(26)11-16-8-9-18(25)17(10-16)24(5)14-34(31,32)23(3,4)22(27)30-24/h8-13,15H,14H2,1-5H3,(H2,27,30)/b19-11-/t15-,24+/m1/s1. The van der Waals surface area contributed by atoms with Crippen LogP contribution in [0.15, 0.2) is 35.6 Å². The number of nitrogens with two attached hydrogens (primary N) is 1. The second-order valence-electron chi connectivity index (χ2n) is 8.67. The van der Waals surface area contributed by atoms with Crippen molar-refractivity contribution < 1.29 is 21.9 Å². The van der Waals surface area contributed by atoms with Gasteiger partial charge in [0.25, 0.3) is 0 Å². The predicted octanol–water partition coefficient (Wildman–Crippen LogP) is 3.65. The first-order valence-electron chi connectivity index (χ1n) is 10.5. The molecule has 0 bridgehead atoms. The minimum Gasteiger partial charge on any atom is -0.460 e. The van der Waals surface area contributed by atoms with Crippen molar-refractivity contribution in [3.63, 3.8) is 0 Å². The molecule has 0 aliphatic carbocycles. The fourth-order valence-corrected chi connectivity index (χ4v) is 5.15. The summed E-state index contributed by atoms with van der Waals surface area (Å²) in [5, 5.41) is 0. The van der Waals surface area contributed by atoms with Gasteiger partial charge < -0.3 is 10.5 Å². The molecule has 0 radical (unpaired) electrons. The van der Waals surface area contributed by atoms with E-state index in [1.165, 1.54) is 45.3 Å². The van der Waals surface area contributed by atoms with Crippen LogP contribution in [0.4, 0.5) is 8.78 Å². The Hall–Kier alpha value is -3.32. The monoisotopic (exact) mass is 488 g/mol. The van der Waals surface area contributed by atoms with Crippen LogP contribution in [-0.2, 0) is 15.4 Å². The summed E-state index contributed by atoms with van der Waals surface area (Å²) in [6.45, 7) is 7.84. The average molecular weight is 489 g/mol. The van der Waals surface area contributed by atoms with Crippen LogP contribution >= 0.6 is 0 Å². The zero-order chi connectivity index (χ0) is 25.3.